The molecule has 0 unspecified atom stereocenters. The zero-order valence-electron chi connectivity index (χ0n) is 10.6. The van der Waals surface area contributed by atoms with Crippen LogP contribution in [0.4, 0.5) is 4.39 Å². The molecule has 0 saturated carbocycles. The zero-order chi connectivity index (χ0) is 12.1. The van der Waals surface area contributed by atoms with Crippen LogP contribution in [0.15, 0.2) is 29.2 Å². The van der Waals surface area contributed by atoms with E-state index < -0.39 is 0 Å². The van der Waals surface area contributed by atoms with Gasteiger partial charge in [0.05, 0.1) is 6.04 Å². The van der Waals surface area contributed by atoms with E-state index in [-0.39, 0.29) is 25.1 Å². The number of nitrogens with zero attached hydrogens (tertiary/aromatic N) is 1. The van der Waals surface area contributed by atoms with Gasteiger partial charge in [-0.15, -0.1) is 24.2 Å². The molecule has 2 rings (SSSR count). The minimum Gasteiger partial charge on any atom is -0.314 e. The molecule has 18 heavy (non-hydrogen) atoms. The Hall–Kier alpha value is -0.290. The average molecular weight is 291 g/mol. The summed E-state index contributed by atoms with van der Waals surface area (Å²) >= 11 is 1.72. The maximum absolute atomic E-state index is 13.2. The summed E-state index contributed by atoms with van der Waals surface area (Å²) in [4.78, 5) is 3.46. The molecule has 5 heteroatoms. The minimum atomic E-state index is -0.307. The zero-order valence-corrected chi connectivity index (χ0v) is 12.2. The summed E-state index contributed by atoms with van der Waals surface area (Å²) in [5, 5.41) is 3.30. The number of rotatable bonds is 4. The Morgan fingerprint density at radius 2 is 1.89 bits per heavy atom. The number of halogens is 2. The summed E-state index contributed by atoms with van der Waals surface area (Å²) in [6, 6.07) is 8.18. The number of alkyl halides is 1. The maximum Gasteiger partial charge on any atom is 0.109 e. The molecule has 1 aliphatic heterocycles. The van der Waals surface area contributed by atoms with Crippen molar-refractivity contribution in [3.8, 4) is 0 Å². The van der Waals surface area contributed by atoms with Gasteiger partial charge in [-0.2, -0.15) is 0 Å². The quantitative estimate of drug-likeness (QED) is 0.859. The first-order valence-corrected chi connectivity index (χ1v) is 7.22. The van der Waals surface area contributed by atoms with Gasteiger partial charge < -0.3 is 5.32 Å². The highest BCUT2D eigenvalue weighted by Gasteiger charge is 2.21. The number of hydrogen-bond donors (Lipinski definition) is 1. The Kier molecular flexibility index (Phi) is 7.00. The van der Waals surface area contributed by atoms with E-state index in [0.717, 1.165) is 31.7 Å². The molecule has 0 aromatic heterocycles. The Morgan fingerprint density at radius 1 is 1.28 bits per heavy atom. The number of benzene rings is 1. The van der Waals surface area contributed by atoms with Crippen LogP contribution in [-0.2, 0) is 0 Å². The summed E-state index contributed by atoms with van der Waals surface area (Å²) in [7, 11) is 0. The van der Waals surface area contributed by atoms with Crippen molar-refractivity contribution in [1.82, 2.24) is 10.2 Å². The summed E-state index contributed by atoms with van der Waals surface area (Å²) in [6.45, 7) is 3.47. The SMILES string of the molecule is CSc1ccc([C@H](CF)N2CCNCC2)cc1.Cl. The second-order valence-corrected chi connectivity index (χ2v) is 5.11. The Morgan fingerprint density at radius 3 is 2.39 bits per heavy atom. The molecule has 1 atom stereocenters. The van der Waals surface area contributed by atoms with Crippen LogP contribution in [0, 0.1) is 0 Å². The maximum atomic E-state index is 13.2. The lowest BCUT2D eigenvalue weighted by Crippen LogP contribution is -2.45. The first-order chi connectivity index (χ1) is 8.35. The molecule has 0 amide bonds. The van der Waals surface area contributed by atoms with Gasteiger partial charge in [0.2, 0.25) is 0 Å². The molecule has 1 heterocycles. The summed E-state index contributed by atoms with van der Waals surface area (Å²) in [5.41, 5.74) is 1.09. The van der Waals surface area contributed by atoms with Crippen molar-refractivity contribution in [2.75, 3.05) is 39.1 Å². The fourth-order valence-electron chi connectivity index (χ4n) is 2.22. The third kappa shape index (κ3) is 3.85. The lowest BCUT2D eigenvalue weighted by atomic mass is 10.1. The number of piperazine rings is 1. The van der Waals surface area contributed by atoms with Crippen LogP contribution in [0.2, 0.25) is 0 Å². The smallest absolute Gasteiger partial charge is 0.109 e. The van der Waals surface area contributed by atoms with Gasteiger partial charge in [0.1, 0.15) is 6.67 Å². The minimum absolute atomic E-state index is 0. The van der Waals surface area contributed by atoms with Crippen LogP contribution in [0.5, 0.6) is 0 Å². The Labute approximate surface area is 119 Å². The molecule has 1 saturated heterocycles. The van der Waals surface area contributed by atoms with Gasteiger partial charge in [0, 0.05) is 31.1 Å². The third-order valence-electron chi connectivity index (χ3n) is 3.24. The molecule has 1 aliphatic rings. The Balaban J connectivity index is 0.00000162. The molecule has 0 spiro atoms. The van der Waals surface area contributed by atoms with E-state index in [1.807, 2.05) is 0 Å². The van der Waals surface area contributed by atoms with Gasteiger partial charge in [-0.3, -0.25) is 4.90 Å². The highest BCUT2D eigenvalue weighted by molar-refractivity contribution is 7.98. The lowest BCUT2D eigenvalue weighted by molar-refractivity contribution is 0.147. The molecule has 0 bridgehead atoms. The van der Waals surface area contributed by atoms with E-state index in [1.54, 1.807) is 11.8 Å². The van der Waals surface area contributed by atoms with Gasteiger partial charge in [0.15, 0.2) is 0 Å². The monoisotopic (exact) mass is 290 g/mol. The largest absolute Gasteiger partial charge is 0.314 e. The molecular formula is C13H20ClFN2S. The molecule has 2 nitrogen and oxygen atoms in total. The van der Waals surface area contributed by atoms with Crippen molar-refractivity contribution in [1.29, 1.82) is 0 Å². The average Bonchev–Trinajstić information content (AvgIpc) is 2.42. The van der Waals surface area contributed by atoms with E-state index in [4.69, 9.17) is 0 Å². The van der Waals surface area contributed by atoms with Crippen molar-refractivity contribution in [2.45, 2.75) is 10.9 Å². The predicted molar refractivity (Wildman–Crippen MR) is 78.6 cm³/mol. The summed E-state index contributed by atoms with van der Waals surface area (Å²) in [5.74, 6) is 0. The fraction of sp³-hybridized carbons (Fsp3) is 0.538. The van der Waals surface area contributed by atoms with E-state index >= 15 is 0 Å². The highest BCUT2D eigenvalue weighted by Crippen LogP contribution is 2.24. The summed E-state index contributed by atoms with van der Waals surface area (Å²) < 4.78 is 13.2. The van der Waals surface area contributed by atoms with E-state index in [2.05, 4.69) is 40.7 Å². The molecule has 1 aromatic carbocycles. The van der Waals surface area contributed by atoms with Crippen LogP contribution in [0.3, 0.4) is 0 Å². The van der Waals surface area contributed by atoms with Gasteiger partial charge >= 0.3 is 0 Å². The molecule has 1 fully saturated rings. The van der Waals surface area contributed by atoms with Crippen molar-refractivity contribution < 1.29 is 4.39 Å². The van der Waals surface area contributed by atoms with Gasteiger partial charge in [-0.05, 0) is 24.0 Å². The van der Waals surface area contributed by atoms with E-state index in [9.17, 15) is 4.39 Å². The van der Waals surface area contributed by atoms with E-state index in [0.29, 0.717) is 0 Å². The highest BCUT2D eigenvalue weighted by atomic mass is 35.5. The lowest BCUT2D eigenvalue weighted by Gasteiger charge is -2.33. The van der Waals surface area contributed by atoms with Crippen LogP contribution in [-0.4, -0.2) is 44.0 Å². The first-order valence-electron chi connectivity index (χ1n) is 6.00. The van der Waals surface area contributed by atoms with Gasteiger partial charge in [-0.1, -0.05) is 12.1 Å². The van der Waals surface area contributed by atoms with Gasteiger partial charge in [-0.25, -0.2) is 4.39 Å². The third-order valence-corrected chi connectivity index (χ3v) is 3.98. The predicted octanol–water partition coefficient (Wildman–Crippen LogP) is 2.75. The van der Waals surface area contributed by atoms with Crippen molar-refractivity contribution in [3.05, 3.63) is 29.8 Å². The second kappa shape index (κ2) is 8.00. The molecule has 1 aromatic rings. The van der Waals surface area contributed by atoms with Crippen molar-refractivity contribution >= 4 is 24.2 Å². The Bertz CT molecular complexity index is 341. The van der Waals surface area contributed by atoms with Crippen LogP contribution < -0.4 is 5.32 Å². The standard InChI is InChI=1S/C13H19FN2S.ClH/c1-17-12-4-2-11(3-5-12)13(10-14)16-8-6-15-7-9-16;/h2-5,13,15H,6-10H2,1H3;1H/t13-;/m0./s1. The number of thioether (sulfide) groups is 1. The topological polar surface area (TPSA) is 15.3 Å². The van der Waals surface area contributed by atoms with Crippen LogP contribution in [0.1, 0.15) is 11.6 Å². The fourth-order valence-corrected chi connectivity index (χ4v) is 2.63. The molecular weight excluding hydrogens is 271 g/mol. The van der Waals surface area contributed by atoms with Crippen LogP contribution >= 0.6 is 24.2 Å². The van der Waals surface area contributed by atoms with Crippen molar-refractivity contribution in [3.63, 3.8) is 0 Å². The van der Waals surface area contributed by atoms with Gasteiger partial charge in [0.25, 0.3) is 0 Å². The van der Waals surface area contributed by atoms with Crippen LogP contribution in [0.25, 0.3) is 0 Å². The summed E-state index contributed by atoms with van der Waals surface area (Å²) in [6.07, 6.45) is 2.05. The number of hydrogen-bond acceptors (Lipinski definition) is 3. The second-order valence-electron chi connectivity index (χ2n) is 4.23. The normalized spacial score (nSPS) is 18.1. The first kappa shape index (κ1) is 15.8. The molecule has 1 N–H and O–H groups in total. The molecule has 0 radical (unpaired) electrons. The van der Waals surface area contributed by atoms with Crippen molar-refractivity contribution in [2.24, 2.45) is 0 Å². The van der Waals surface area contributed by atoms with E-state index in [1.165, 1.54) is 4.90 Å². The molecule has 0 aliphatic carbocycles. The molecule has 102 valence electrons. The number of nitrogens with one attached hydrogen (secondary N) is 1.